The summed E-state index contributed by atoms with van der Waals surface area (Å²) >= 11 is 1.72. The average molecular weight is 369 g/mol. The van der Waals surface area contributed by atoms with Crippen molar-refractivity contribution in [2.24, 2.45) is 5.92 Å². The molecule has 0 spiro atoms. The molecule has 4 rings (SSSR count). The van der Waals surface area contributed by atoms with Crippen molar-refractivity contribution in [3.05, 3.63) is 51.7 Å². The fourth-order valence-corrected chi connectivity index (χ4v) is 5.14. The molecule has 1 aromatic carbocycles. The average Bonchev–Trinajstić information content (AvgIpc) is 3.40. The molecule has 1 aromatic heterocycles. The molecule has 0 radical (unpaired) electrons. The van der Waals surface area contributed by atoms with Gasteiger partial charge in [0.2, 0.25) is 5.91 Å². The van der Waals surface area contributed by atoms with Crippen molar-refractivity contribution in [1.29, 1.82) is 0 Å². The number of hydrogen-bond acceptors (Lipinski definition) is 3. The zero-order chi connectivity index (χ0) is 18.1. The molecule has 1 aliphatic heterocycles. The van der Waals surface area contributed by atoms with Crippen LogP contribution < -0.4 is 10.2 Å². The van der Waals surface area contributed by atoms with Crippen LogP contribution in [0, 0.1) is 5.92 Å². The third-order valence-electron chi connectivity index (χ3n) is 5.62. The van der Waals surface area contributed by atoms with E-state index in [4.69, 9.17) is 0 Å². The summed E-state index contributed by atoms with van der Waals surface area (Å²) in [6.45, 7) is 2.29. The van der Waals surface area contributed by atoms with Gasteiger partial charge in [-0.25, -0.2) is 0 Å². The van der Waals surface area contributed by atoms with E-state index >= 15 is 0 Å². The van der Waals surface area contributed by atoms with E-state index in [0.29, 0.717) is 18.0 Å². The maximum Gasteiger partial charge on any atom is 0.251 e. The Bertz CT molecular complexity index is 809. The van der Waals surface area contributed by atoms with Crippen molar-refractivity contribution >= 4 is 28.8 Å². The van der Waals surface area contributed by atoms with E-state index in [1.54, 1.807) is 23.2 Å². The molecule has 1 atom stereocenters. The fourth-order valence-electron chi connectivity index (χ4n) is 4.27. The molecule has 1 unspecified atom stereocenters. The number of benzene rings is 1. The maximum atomic E-state index is 12.9. The Morgan fingerprint density at radius 1 is 1.23 bits per heavy atom. The van der Waals surface area contributed by atoms with Crippen molar-refractivity contribution in [2.45, 2.75) is 45.1 Å². The summed E-state index contributed by atoms with van der Waals surface area (Å²) in [7, 11) is 0. The van der Waals surface area contributed by atoms with Crippen molar-refractivity contribution in [3.8, 4) is 0 Å². The molecular weight excluding hydrogens is 344 g/mol. The summed E-state index contributed by atoms with van der Waals surface area (Å²) in [5.41, 5.74) is 2.72. The quantitative estimate of drug-likeness (QED) is 0.874. The minimum atomic E-state index is -0.0145. The first kappa shape index (κ1) is 17.3. The van der Waals surface area contributed by atoms with Crippen LogP contribution in [0.2, 0.25) is 0 Å². The normalized spacial score (nSPS) is 18.0. The standard InChI is InChI=1S/C21H24N2O2S/c1-14(24)23-11-10-16-13-17(8-9-18(16)23)21(25)22-20(15-5-2-3-6-15)19-7-4-12-26-19/h4,7-9,12-13,15,20H,2-3,5-6,10-11H2,1H3,(H,22,25). The van der Waals surface area contributed by atoms with Gasteiger partial charge >= 0.3 is 0 Å². The van der Waals surface area contributed by atoms with E-state index in [1.807, 2.05) is 18.2 Å². The zero-order valence-corrected chi connectivity index (χ0v) is 15.8. The van der Waals surface area contributed by atoms with Gasteiger partial charge in [0.05, 0.1) is 6.04 Å². The summed E-state index contributed by atoms with van der Waals surface area (Å²) in [6.07, 6.45) is 5.68. The van der Waals surface area contributed by atoms with Crippen LogP contribution in [0.5, 0.6) is 0 Å². The Balaban J connectivity index is 1.54. The van der Waals surface area contributed by atoms with Crippen LogP contribution in [-0.2, 0) is 11.2 Å². The number of thiophene rings is 1. The number of nitrogens with zero attached hydrogens (tertiary/aromatic N) is 1. The molecule has 5 heteroatoms. The van der Waals surface area contributed by atoms with E-state index in [2.05, 4.69) is 22.8 Å². The van der Waals surface area contributed by atoms with Gasteiger partial charge in [-0.15, -0.1) is 11.3 Å². The van der Waals surface area contributed by atoms with Gasteiger partial charge in [0.25, 0.3) is 5.91 Å². The van der Waals surface area contributed by atoms with Gasteiger partial charge in [-0.3, -0.25) is 9.59 Å². The van der Waals surface area contributed by atoms with E-state index in [1.165, 1.54) is 30.6 Å². The number of carbonyl (C=O) groups is 2. The minimum absolute atomic E-state index is 0.0145. The lowest BCUT2D eigenvalue weighted by Gasteiger charge is -2.24. The van der Waals surface area contributed by atoms with Crippen LogP contribution in [-0.4, -0.2) is 18.4 Å². The number of hydrogen-bond donors (Lipinski definition) is 1. The summed E-state index contributed by atoms with van der Waals surface area (Å²) in [4.78, 5) is 27.7. The zero-order valence-electron chi connectivity index (χ0n) is 15.0. The summed E-state index contributed by atoms with van der Waals surface area (Å²) in [6, 6.07) is 9.99. The van der Waals surface area contributed by atoms with Crippen LogP contribution >= 0.6 is 11.3 Å². The van der Waals surface area contributed by atoms with Gasteiger partial charge in [-0.1, -0.05) is 18.9 Å². The molecule has 26 heavy (non-hydrogen) atoms. The molecule has 1 N–H and O–H groups in total. The lowest BCUT2D eigenvalue weighted by Crippen LogP contribution is -2.32. The molecule has 1 saturated carbocycles. The Kier molecular flexibility index (Phi) is 4.81. The smallest absolute Gasteiger partial charge is 0.251 e. The second-order valence-electron chi connectivity index (χ2n) is 7.28. The largest absolute Gasteiger partial charge is 0.344 e. The molecule has 1 fully saturated rings. The van der Waals surface area contributed by atoms with Crippen molar-refractivity contribution in [1.82, 2.24) is 5.32 Å². The van der Waals surface area contributed by atoms with Crippen LogP contribution in [0.15, 0.2) is 35.7 Å². The number of carbonyl (C=O) groups excluding carboxylic acids is 2. The first-order chi connectivity index (χ1) is 12.6. The molecular formula is C21H24N2O2S. The molecule has 0 bridgehead atoms. The first-order valence-corrected chi connectivity index (χ1v) is 10.3. The van der Waals surface area contributed by atoms with E-state index < -0.39 is 0 Å². The molecule has 1 aliphatic carbocycles. The lowest BCUT2D eigenvalue weighted by atomic mass is 9.96. The van der Waals surface area contributed by atoms with Gasteiger partial charge in [-0.2, -0.15) is 0 Å². The van der Waals surface area contributed by atoms with Gasteiger partial charge in [-0.05, 0) is 60.4 Å². The predicted octanol–water partition coefficient (Wildman–Crippen LogP) is 4.32. The number of anilines is 1. The molecule has 2 aromatic rings. The Morgan fingerprint density at radius 3 is 2.73 bits per heavy atom. The number of nitrogens with one attached hydrogen (secondary N) is 1. The Labute approximate surface area is 158 Å². The highest BCUT2D eigenvalue weighted by molar-refractivity contribution is 7.10. The summed E-state index contributed by atoms with van der Waals surface area (Å²) in [5.74, 6) is 0.569. The summed E-state index contributed by atoms with van der Waals surface area (Å²) in [5, 5.41) is 5.37. The highest BCUT2D eigenvalue weighted by Crippen LogP contribution is 2.37. The van der Waals surface area contributed by atoms with Gasteiger partial charge < -0.3 is 10.2 Å². The third kappa shape index (κ3) is 3.28. The molecule has 4 nitrogen and oxygen atoms in total. The molecule has 2 heterocycles. The number of amides is 2. The van der Waals surface area contributed by atoms with Crippen LogP contribution in [0.4, 0.5) is 5.69 Å². The second-order valence-corrected chi connectivity index (χ2v) is 8.25. The SMILES string of the molecule is CC(=O)N1CCc2cc(C(=O)NC(c3cccs3)C3CCCC3)ccc21. The fraction of sp³-hybridized carbons (Fsp3) is 0.429. The van der Waals surface area contributed by atoms with Crippen LogP contribution in [0.25, 0.3) is 0 Å². The van der Waals surface area contributed by atoms with E-state index in [-0.39, 0.29) is 17.9 Å². The number of fused-ring (bicyclic) bond motifs is 1. The monoisotopic (exact) mass is 368 g/mol. The second kappa shape index (κ2) is 7.23. The van der Waals surface area contributed by atoms with E-state index in [9.17, 15) is 9.59 Å². The minimum Gasteiger partial charge on any atom is -0.344 e. The topological polar surface area (TPSA) is 49.4 Å². The van der Waals surface area contributed by atoms with Gasteiger partial charge in [0, 0.05) is 29.6 Å². The van der Waals surface area contributed by atoms with E-state index in [0.717, 1.165) is 17.7 Å². The lowest BCUT2D eigenvalue weighted by molar-refractivity contribution is -0.116. The highest BCUT2D eigenvalue weighted by Gasteiger charge is 2.29. The highest BCUT2D eigenvalue weighted by atomic mass is 32.1. The molecule has 136 valence electrons. The molecule has 2 aliphatic rings. The van der Waals surface area contributed by atoms with Crippen molar-refractivity contribution < 1.29 is 9.59 Å². The summed E-state index contributed by atoms with van der Waals surface area (Å²) < 4.78 is 0. The third-order valence-corrected chi connectivity index (χ3v) is 6.58. The van der Waals surface area contributed by atoms with Gasteiger partial charge in [0.1, 0.15) is 0 Å². The van der Waals surface area contributed by atoms with Crippen molar-refractivity contribution in [3.63, 3.8) is 0 Å². The van der Waals surface area contributed by atoms with Gasteiger partial charge in [0.15, 0.2) is 0 Å². The molecule has 0 saturated heterocycles. The van der Waals surface area contributed by atoms with Crippen LogP contribution in [0.3, 0.4) is 0 Å². The van der Waals surface area contributed by atoms with Crippen molar-refractivity contribution in [2.75, 3.05) is 11.4 Å². The maximum absolute atomic E-state index is 12.9. The Hall–Kier alpha value is -2.14. The predicted molar refractivity (Wildman–Crippen MR) is 105 cm³/mol. The first-order valence-electron chi connectivity index (χ1n) is 9.39. The Morgan fingerprint density at radius 2 is 2.04 bits per heavy atom. The number of rotatable bonds is 4. The molecule has 2 amide bonds. The van der Waals surface area contributed by atoms with Crippen LogP contribution in [0.1, 0.15) is 59.4 Å².